The normalized spacial score (nSPS) is 12.6. The number of ether oxygens (including phenoxy) is 1. The molecule has 14 heavy (non-hydrogen) atoms. The first-order valence-electron chi connectivity index (χ1n) is 4.57. The molecule has 0 aromatic heterocycles. The summed E-state index contributed by atoms with van der Waals surface area (Å²) < 4.78 is 17.7. The quantitative estimate of drug-likeness (QED) is 0.802. The lowest BCUT2D eigenvalue weighted by molar-refractivity contribution is 0.193. The summed E-state index contributed by atoms with van der Waals surface area (Å²) in [7, 11) is 1.54. The van der Waals surface area contributed by atoms with Crippen LogP contribution in [0.15, 0.2) is 18.2 Å². The summed E-state index contributed by atoms with van der Waals surface area (Å²) in [6.45, 7) is 1.15. The van der Waals surface area contributed by atoms with Gasteiger partial charge in [-0.3, -0.25) is 0 Å². The summed E-state index contributed by atoms with van der Waals surface area (Å²) in [5, 5.41) is 9.27. The molecule has 0 heterocycles. The zero-order valence-electron chi connectivity index (χ0n) is 8.46. The van der Waals surface area contributed by atoms with Gasteiger partial charge in [0.1, 0.15) is 12.4 Å². The maximum atomic E-state index is 12.6. The first-order chi connectivity index (χ1) is 6.69. The third-order valence-corrected chi connectivity index (χ3v) is 2.09. The van der Waals surface area contributed by atoms with Crippen LogP contribution in [0.25, 0.3) is 0 Å². The van der Waals surface area contributed by atoms with Crippen LogP contribution in [0.1, 0.15) is 18.1 Å². The molecule has 0 bridgehead atoms. The van der Waals surface area contributed by atoms with E-state index < -0.39 is 12.8 Å². The molecule has 0 aliphatic heterocycles. The van der Waals surface area contributed by atoms with Crippen molar-refractivity contribution in [3.05, 3.63) is 29.3 Å². The largest absolute Gasteiger partial charge is 0.496 e. The van der Waals surface area contributed by atoms with Crippen molar-refractivity contribution >= 4 is 0 Å². The second-order valence-electron chi connectivity index (χ2n) is 3.28. The van der Waals surface area contributed by atoms with E-state index in [-0.39, 0.29) is 0 Å². The van der Waals surface area contributed by atoms with Crippen LogP contribution >= 0.6 is 0 Å². The average Bonchev–Trinajstić information content (AvgIpc) is 2.17. The number of methoxy groups -OCH3 is 1. The number of aliphatic hydroxyl groups is 1. The molecular formula is C11H15FO2. The molecule has 1 aromatic rings. The Labute approximate surface area is 83.3 Å². The van der Waals surface area contributed by atoms with Gasteiger partial charge < -0.3 is 9.84 Å². The molecule has 0 saturated carbocycles. The van der Waals surface area contributed by atoms with E-state index in [0.29, 0.717) is 17.7 Å². The number of hydrogen-bond donors (Lipinski definition) is 1. The third-order valence-electron chi connectivity index (χ3n) is 2.09. The molecule has 3 heteroatoms. The van der Waals surface area contributed by atoms with Crippen molar-refractivity contribution in [1.82, 2.24) is 0 Å². The third kappa shape index (κ3) is 2.45. The molecule has 1 unspecified atom stereocenters. The van der Waals surface area contributed by atoms with Crippen molar-refractivity contribution in [2.45, 2.75) is 26.1 Å². The van der Waals surface area contributed by atoms with E-state index in [0.717, 1.165) is 5.56 Å². The van der Waals surface area contributed by atoms with Crippen LogP contribution < -0.4 is 4.74 Å². The van der Waals surface area contributed by atoms with Gasteiger partial charge in [-0.2, -0.15) is 0 Å². The highest BCUT2D eigenvalue weighted by Gasteiger charge is 2.10. The SMILES string of the molecule is COc1cccc(CF)c1CC(C)O. The van der Waals surface area contributed by atoms with Crippen LogP contribution in [0.4, 0.5) is 4.39 Å². The van der Waals surface area contributed by atoms with Crippen molar-refractivity contribution in [3.8, 4) is 5.75 Å². The summed E-state index contributed by atoms with van der Waals surface area (Å²) in [4.78, 5) is 0. The molecule has 0 radical (unpaired) electrons. The molecular weight excluding hydrogens is 183 g/mol. The molecule has 78 valence electrons. The molecule has 0 saturated heterocycles. The summed E-state index contributed by atoms with van der Waals surface area (Å²) in [6.07, 6.45) is -0.0694. The predicted octanol–water partition coefficient (Wildman–Crippen LogP) is 2.09. The number of benzene rings is 1. The Bertz CT molecular complexity index is 275. The second kappa shape index (κ2) is 4.96. The van der Waals surface area contributed by atoms with Gasteiger partial charge in [0.2, 0.25) is 0 Å². The van der Waals surface area contributed by atoms with Crippen LogP contribution in [0.2, 0.25) is 0 Å². The van der Waals surface area contributed by atoms with Crippen molar-refractivity contribution in [1.29, 1.82) is 0 Å². The number of rotatable bonds is 4. The Morgan fingerprint density at radius 1 is 1.50 bits per heavy atom. The molecule has 1 aromatic carbocycles. The van der Waals surface area contributed by atoms with Gasteiger partial charge in [0.05, 0.1) is 13.2 Å². The summed E-state index contributed by atoms with van der Waals surface area (Å²) in [5.74, 6) is 0.640. The molecule has 0 aliphatic rings. The van der Waals surface area contributed by atoms with Gasteiger partial charge in [-0.25, -0.2) is 4.39 Å². The lowest BCUT2D eigenvalue weighted by Gasteiger charge is -2.13. The number of hydrogen-bond acceptors (Lipinski definition) is 2. The van der Waals surface area contributed by atoms with Crippen LogP contribution in [0.3, 0.4) is 0 Å². The lowest BCUT2D eigenvalue weighted by Crippen LogP contribution is -2.08. The number of halogens is 1. The molecule has 0 fully saturated rings. The van der Waals surface area contributed by atoms with E-state index in [1.165, 1.54) is 0 Å². The molecule has 0 aliphatic carbocycles. The monoisotopic (exact) mass is 198 g/mol. The van der Waals surface area contributed by atoms with Crippen LogP contribution in [0.5, 0.6) is 5.75 Å². The lowest BCUT2D eigenvalue weighted by atomic mass is 10.0. The minimum absolute atomic E-state index is 0.420. The Morgan fingerprint density at radius 2 is 2.21 bits per heavy atom. The van der Waals surface area contributed by atoms with Gasteiger partial charge >= 0.3 is 0 Å². The molecule has 2 nitrogen and oxygen atoms in total. The van der Waals surface area contributed by atoms with Crippen molar-refractivity contribution in [3.63, 3.8) is 0 Å². The van der Waals surface area contributed by atoms with Gasteiger partial charge in [0.15, 0.2) is 0 Å². The van der Waals surface area contributed by atoms with Crippen molar-refractivity contribution in [2.24, 2.45) is 0 Å². The smallest absolute Gasteiger partial charge is 0.122 e. The standard InChI is InChI=1S/C11H15FO2/c1-8(13)6-10-9(7-12)4-3-5-11(10)14-2/h3-5,8,13H,6-7H2,1-2H3. The first-order valence-corrected chi connectivity index (χ1v) is 4.57. The summed E-state index contributed by atoms with van der Waals surface area (Å²) in [6, 6.07) is 5.23. The molecule has 0 amide bonds. The Hall–Kier alpha value is -1.09. The summed E-state index contributed by atoms with van der Waals surface area (Å²) in [5.41, 5.74) is 1.35. The van der Waals surface area contributed by atoms with Crippen LogP contribution in [-0.2, 0) is 13.1 Å². The van der Waals surface area contributed by atoms with Gasteiger partial charge in [-0.05, 0) is 18.6 Å². The van der Waals surface area contributed by atoms with Crippen molar-refractivity contribution < 1.29 is 14.2 Å². The second-order valence-corrected chi connectivity index (χ2v) is 3.28. The van der Waals surface area contributed by atoms with Gasteiger partial charge in [0, 0.05) is 12.0 Å². The highest BCUT2D eigenvalue weighted by molar-refractivity contribution is 5.40. The van der Waals surface area contributed by atoms with E-state index in [1.807, 2.05) is 0 Å². The van der Waals surface area contributed by atoms with E-state index in [2.05, 4.69) is 0 Å². The van der Waals surface area contributed by atoms with E-state index >= 15 is 0 Å². The fourth-order valence-corrected chi connectivity index (χ4v) is 1.45. The highest BCUT2D eigenvalue weighted by atomic mass is 19.1. The van der Waals surface area contributed by atoms with E-state index in [9.17, 15) is 9.50 Å². The average molecular weight is 198 g/mol. The highest BCUT2D eigenvalue weighted by Crippen LogP contribution is 2.24. The minimum atomic E-state index is -0.529. The Kier molecular flexibility index (Phi) is 3.89. The Balaban J connectivity index is 3.05. The first kappa shape index (κ1) is 11.0. The fraction of sp³-hybridized carbons (Fsp3) is 0.455. The van der Waals surface area contributed by atoms with Gasteiger partial charge in [-0.15, -0.1) is 0 Å². The minimum Gasteiger partial charge on any atom is -0.496 e. The number of aliphatic hydroxyl groups excluding tert-OH is 1. The maximum absolute atomic E-state index is 12.6. The zero-order valence-corrected chi connectivity index (χ0v) is 8.46. The molecule has 1 N–H and O–H groups in total. The predicted molar refractivity (Wildman–Crippen MR) is 53.2 cm³/mol. The zero-order chi connectivity index (χ0) is 10.6. The maximum Gasteiger partial charge on any atom is 0.122 e. The fourth-order valence-electron chi connectivity index (χ4n) is 1.45. The molecule has 1 atom stereocenters. The molecule has 0 spiro atoms. The van der Waals surface area contributed by atoms with Crippen LogP contribution in [-0.4, -0.2) is 18.3 Å². The van der Waals surface area contributed by atoms with Crippen molar-refractivity contribution in [2.75, 3.05) is 7.11 Å². The van der Waals surface area contributed by atoms with Gasteiger partial charge in [0.25, 0.3) is 0 Å². The molecule has 1 rings (SSSR count). The summed E-state index contributed by atoms with van der Waals surface area (Å²) >= 11 is 0. The topological polar surface area (TPSA) is 29.5 Å². The van der Waals surface area contributed by atoms with E-state index in [1.54, 1.807) is 32.2 Å². The van der Waals surface area contributed by atoms with E-state index in [4.69, 9.17) is 4.74 Å². The Morgan fingerprint density at radius 3 is 2.71 bits per heavy atom. The number of alkyl halides is 1. The van der Waals surface area contributed by atoms with Gasteiger partial charge in [-0.1, -0.05) is 12.1 Å². The van der Waals surface area contributed by atoms with Crippen LogP contribution in [0, 0.1) is 0 Å².